The van der Waals surface area contributed by atoms with E-state index in [1.807, 2.05) is 12.1 Å². The number of rotatable bonds is 6. The van der Waals surface area contributed by atoms with E-state index in [-0.39, 0.29) is 5.91 Å². The highest BCUT2D eigenvalue weighted by atomic mass is 16.6. The van der Waals surface area contributed by atoms with Crippen molar-refractivity contribution in [2.75, 3.05) is 31.6 Å². The lowest BCUT2D eigenvalue weighted by atomic mass is 10.1. The number of morpholine rings is 1. The minimum absolute atomic E-state index is 0.155. The molecule has 2 amide bonds. The average Bonchev–Trinajstić information content (AvgIpc) is 2.73. The zero-order valence-electron chi connectivity index (χ0n) is 18.5. The molecule has 7 nitrogen and oxygen atoms in total. The number of anilines is 1. The molecule has 0 bridgehead atoms. The summed E-state index contributed by atoms with van der Waals surface area (Å²) < 4.78 is 10.7. The molecule has 0 aromatic heterocycles. The summed E-state index contributed by atoms with van der Waals surface area (Å²) in [6.07, 6.45) is -0.524. The predicted octanol–water partition coefficient (Wildman–Crippen LogP) is 2.38. The minimum atomic E-state index is -0.566. The molecule has 2 aromatic rings. The van der Waals surface area contributed by atoms with Gasteiger partial charge in [0.2, 0.25) is 0 Å². The lowest BCUT2D eigenvalue weighted by Crippen LogP contribution is -3.12. The number of benzene rings is 2. The topological polar surface area (TPSA) is 81.1 Å². The molecule has 1 heterocycles. The number of carbonyl (C=O) groups is 2. The van der Waals surface area contributed by atoms with Gasteiger partial charge >= 0.3 is 6.09 Å². The van der Waals surface area contributed by atoms with Gasteiger partial charge in [-0.15, -0.1) is 0 Å². The van der Waals surface area contributed by atoms with Crippen LogP contribution < -0.4 is 15.5 Å². The Morgan fingerprint density at radius 3 is 2.29 bits per heavy atom. The molecule has 3 N–H and O–H groups in total. The number of amides is 2. The first-order valence-electron chi connectivity index (χ1n) is 10.7. The van der Waals surface area contributed by atoms with Gasteiger partial charge in [0.05, 0.1) is 13.2 Å². The summed E-state index contributed by atoms with van der Waals surface area (Å²) in [7, 11) is 0. The van der Waals surface area contributed by atoms with Gasteiger partial charge in [0.15, 0.2) is 0 Å². The maximum atomic E-state index is 12.6. The van der Waals surface area contributed by atoms with E-state index in [0.29, 0.717) is 17.8 Å². The Morgan fingerprint density at radius 1 is 1.00 bits per heavy atom. The average molecular weight is 427 g/mol. The van der Waals surface area contributed by atoms with E-state index in [0.717, 1.165) is 38.4 Å². The normalized spacial score (nSPS) is 14.7. The second-order valence-corrected chi connectivity index (χ2v) is 8.69. The molecule has 166 valence electrons. The standard InChI is InChI=1S/C24H31N3O4/c1-24(2,3)31-23(29)26-21-10-8-18(9-11-21)22(28)25-16-19-6-4-5-7-20(19)17-27-12-14-30-15-13-27/h4-11H,12-17H2,1-3H3,(H,25,28)(H,26,29)/p+1. The number of hydrogen-bond donors (Lipinski definition) is 3. The molecule has 0 radical (unpaired) electrons. The number of nitrogens with one attached hydrogen (secondary N) is 3. The summed E-state index contributed by atoms with van der Waals surface area (Å²) in [6.45, 7) is 10.4. The fourth-order valence-corrected chi connectivity index (χ4v) is 3.41. The fraction of sp³-hybridized carbons (Fsp3) is 0.417. The number of ether oxygens (including phenoxy) is 2. The van der Waals surface area contributed by atoms with Crippen molar-refractivity contribution >= 4 is 17.7 Å². The van der Waals surface area contributed by atoms with E-state index in [9.17, 15) is 9.59 Å². The maximum Gasteiger partial charge on any atom is 0.412 e. The first-order chi connectivity index (χ1) is 14.8. The Morgan fingerprint density at radius 2 is 1.65 bits per heavy atom. The molecule has 0 aliphatic carbocycles. The van der Waals surface area contributed by atoms with Crippen LogP contribution in [0.5, 0.6) is 0 Å². The molecule has 2 aromatic carbocycles. The third-order valence-corrected chi connectivity index (χ3v) is 4.99. The van der Waals surface area contributed by atoms with E-state index in [4.69, 9.17) is 9.47 Å². The van der Waals surface area contributed by atoms with Crippen LogP contribution in [0.4, 0.5) is 10.5 Å². The molecule has 1 saturated heterocycles. The molecule has 0 spiro atoms. The molecule has 0 unspecified atom stereocenters. The van der Waals surface area contributed by atoms with Crippen LogP contribution in [-0.2, 0) is 22.6 Å². The van der Waals surface area contributed by atoms with Crippen molar-refractivity contribution in [1.82, 2.24) is 5.32 Å². The van der Waals surface area contributed by atoms with Crippen molar-refractivity contribution < 1.29 is 24.0 Å². The largest absolute Gasteiger partial charge is 0.444 e. The Bertz CT molecular complexity index is 884. The Labute approximate surface area is 183 Å². The van der Waals surface area contributed by atoms with Gasteiger partial charge in [-0.25, -0.2) is 4.79 Å². The predicted molar refractivity (Wildman–Crippen MR) is 119 cm³/mol. The van der Waals surface area contributed by atoms with Crippen LogP contribution in [0, 0.1) is 0 Å². The summed E-state index contributed by atoms with van der Waals surface area (Å²) >= 11 is 0. The smallest absolute Gasteiger partial charge is 0.412 e. The van der Waals surface area contributed by atoms with Crippen LogP contribution >= 0.6 is 0 Å². The monoisotopic (exact) mass is 426 g/mol. The third-order valence-electron chi connectivity index (χ3n) is 4.99. The van der Waals surface area contributed by atoms with E-state index < -0.39 is 11.7 Å². The van der Waals surface area contributed by atoms with E-state index in [1.54, 1.807) is 45.0 Å². The van der Waals surface area contributed by atoms with E-state index >= 15 is 0 Å². The molecular formula is C24H32N3O4+. The molecule has 1 aliphatic rings. The van der Waals surface area contributed by atoms with Gasteiger partial charge in [-0.1, -0.05) is 24.3 Å². The molecule has 1 fully saturated rings. The summed E-state index contributed by atoms with van der Waals surface area (Å²) in [5.41, 5.74) is 2.91. The third kappa shape index (κ3) is 7.38. The molecular weight excluding hydrogens is 394 g/mol. The van der Waals surface area contributed by atoms with Crippen molar-refractivity contribution in [2.24, 2.45) is 0 Å². The highest BCUT2D eigenvalue weighted by molar-refractivity contribution is 5.95. The van der Waals surface area contributed by atoms with Crippen molar-refractivity contribution in [1.29, 1.82) is 0 Å². The fourth-order valence-electron chi connectivity index (χ4n) is 3.41. The maximum absolute atomic E-state index is 12.6. The van der Waals surface area contributed by atoms with Crippen molar-refractivity contribution in [3.8, 4) is 0 Å². The lowest BCUT2D eigenvalue weighted by Gasteiger charge is -2.24. The first kappa shape index (κ1) is 22.8. The van der Waals surface area contributed by atoms with Gasteiger partial charge in [-0.2, -0.15) is 0 Å². The van der Waals surface area contributed by atoms with E-state index in [1.165, 1.54) is 10.5 Å². The van der Waals surface area contributed by atoms with Crippen molar-refractivity contribution in [3.05, 3.63) is 65.2 Å². The molecule has 0 saturated carbocycles. The lowest BCUT2D eigenvalue weighted by molar-refractivity contribution is -0.921. The Balaban J connectivity index is 1.54. The highest BCUT2D eigenvalue weighted by Crippen LogP contribution is 2.14. The minimum Gasteiger partial charge on any atom is -0.444 e. The molecule has 31 heavy (non-hydrogen) atoms. The summed E-state index contributed by atoms with van der Waals surface area (Å²) in [4.78, 5) is 26.0. The van der Waals surface area contributed by atoms with Gasteiger partial charge in [0, 0.05) is 23.4 Å². The van der Waals surface area contributed by atoms with Crippen molar-refractivity contribution in [3.63, 3.8) is 0 Å². The van der Waals surface area contributed by atoms with Crippen LogP contribution in [0.3, 0.4) is 0 Å². The second kappa shape index (κ2) is 10.4. The Hall–Kier alpha value is -2.90. The number of quaternary nitrogens is 1. The summed E-state index contributed by atoms with van der Waals surface area (Å²) in [5, 5.41) is 5.66. The van der Waals surface area contributed by atoms with Gasteiger partial charge in [0.1, 0.15) is 25.2 Å². The highest BCUT2D eigenvalue weighted by Gasteiger charge is 2.17. The zero-order valence-corrected chi connectivity index (χ0v) is 18.5. The zero-order chi connectivity index (χ0) is 22.3. The number of hydrogen-bond acceptors (Lipinski definition) is 4. The second-order valence-electron chi connectivity index (χ2n) is 8.69. The number of carbonyl (C=O) groups excluding carboxylic acids is 2. The Kier molecular flexibility index (Phi) is 7.65. The molecule has 3 rings (SSSR count). The molecule has 1 aliphatic heterocycles. The van der Waals surface area contributed by atoms with Gasteiger partial charge in [-0.05, 0) is 50.6 Å². The van der Waals surface area contributed by atoms with Crippen LogP contribution in [0.1, 0.15) is 42.3 Å². The van der Waals surface area contributed by atoms with Crippen LogP contribution in [-0.4, -0.2) is 43.9 Å². The van der Waals surface area contributed by atoms with Crippen LogP contribution in [0.25, 0.3) is 0 Å². The van der Waals surface area contributed by atoms with Gasteiger partial charge in [0.25, 0.3) is 5.91 Å². The SMILES string of the molecule is CC(C)(C)OC(=O)Nc1ccc(C(=O)NCc2ccccc2C[NH+]2CCOCC2)cc1. The van der Waals surface area contributed by atoms with E-state index in [2.05, 4.69) is 22.8 Å². The van der Waals surface area contributed by atoms with Gasteiger partial charge in [-0.3, -0.25) is 10.1 Å². The van der Waals surface area contributed by atoms with Crippen LogP contribution in [0.15, 0.2) is 48.5 Å². The summed E-state index contributed by atoms with van der Waals surface area (Å²) in [6, 6.07) is 15.0. The summed E-state index contributed by atoms with van der Waals surface area (Å²) in [5.74, 6) is -0.155. The van der Waals surface area contributed by atoms with Gasteiger partial charge < -0.3 is 19.7 Å². The molecule has 7 heteroatoms. The van der Waals surface area contributed by atoms with Crippen LogP contribution in [0.2, 0.25) is 0 Å². The quantitative estimate of drug-likeness (QED) is 0.663. The molecule has 0 atom stereocenters. The first-order valence-corrected chi connectivity index (χ1v) is 10.7. The van der Waals surface area contributed by atoms with Crippen molar-refractivity contribution in [2.45, 2.75) is 39.5 Å².